The van der Waals surface area contributed by atoms with E-state index >= 15 is 0 Å². The van der Waals surface area contributed by atoms with E-state index in [9.17, 15) is 0 Å². The maximum absolute atomic E-state index is 6.14. The maximum Gasteiger partial charge on any atom is 0.494 e. The molecule has 1 heterocycles. The van der Waals surface area contributed by atoms with Gasteiger partial charge < -0.3 is 18.8 Å². The summed E-state index contributed by atoms with van der Waals surface area (Å²) in [7, 11) is 1.32. The second-order valence-corrected chi connectivity index (χ2v) is 8.22. The van der Waals surface area contributed by atoms with Crippen molar-refractivity contribution in [2.45, 2.75) is 59.4 Å². The summed E-state index contributed by atoms with van der Waals surface area (Å²) in [5.74, 6) is 1.69. The number of benzene rings is 2. The van der Waals surface area contributed by atoms with E-state index in [0.717, 1.165) is 28.1 Å². The molecule has 1 aliphatic rings. The summed E-state index contributed by atoms with van der Waals surface area (Å²) in [5.41, 5.74) is 3.58. The molecule has 5 heteroatoms. The fourth-order valence-electron chi connectivity index (χ4n) is 3.14. The Morgan fingerprint density at radius 2 is 1.52 bits per heavy atom. The predicted molar refractivity (Wildman–Crippen MR) is 109 cm³/mol. The van der Waals surface area contributed by atoms with Gasteiger partial charge in [-0.15, -0.1) is 0 Å². The van der Waals surface area contributed by atoms with E-state index < -0.39 is 0 Å². The van der Waals surface area contributed by atoms with Crippen molar-refractivity contribution in [3.05, 3.63) is 53.1 Å². The molecule has 0 aliphatic carbocycles. The van der Waals surface area contributed by atoms with Gasteiger partial charge in [0.1, 0.15) is 18.1 Å². The number of hydrogen-bond donors (Lipinski definition) is 0. The van der Waals surface area contributed by atoms with Gasteiger partial charge in [-0.05, 0) is 70.8 Å². The molecule has 1 fully saturated rings. The SMILES string of the molecule is COc1ccc(C)cc1COc1ccc(B2OC(C)(C)C(C)(C)O2)cc1C. The number of methoxy groups -OCH3 is 1. The summed E-state index contributed by atoms with van der Waals surface area (Å²) in [4.78, 5) is 0. The molecule has 1 aliphatic heterocycles. The highest BCUT2D eigenvalue weighted by atomic mass is 16.7. The zero-order valence-corrected chi connectivity index (χ0v) is 17.4. The van der Waals surface area contributed by atoms with E-state index in [0.29, 0.717) is 6.61 Å². The summed E-state index contributed by atoms with van der Waals surface area (Å²) >= 11 is 0. The first kappa shape index (κ1) is 19.8. The van der Waals surface area contributed by atoms with E-state index in [2.05, 4.69) is 46.8 Å². The Bertz CT molecular complexity index is 813. The molecule has 144 valence electrons. The molecule has 0 radical (unpaired) electrons. The lowest BCUT2D eigenvalue weighted by atomic mass is 9.78. The standard InChI is InChI=1S/C22H29BO4/c1-15-8-10-20(24-7)17(12-15)14-25-19-11-9-18(13-16(19)2)23-26-21(3,4)22(5,6)27-23/h8-13H,14H2,1-7H3. The lowest BCUT2D eigenvalue weighted by Gasteiger charge is -2.32. The largest absolute Gasteiger partial charge is 0.496 e. The van der Waals surface area contributed by atoms with Crippen LogP contribution in [0.1, 0.15) is 44.4 Å². The zero-order valence-electron chi connectivity index (χ0n) is 17.4. The maximum atomic E-state index is 6.14. The Morgan fingerprint density at radius 3 is 2.11 bits per heavy atom. The van der Waals surface area contributed by atoms with Gasteiger partial charge in [0.2, 0.25) is 0 Å². The summed E-state index contributed by atoms with van der Waals surface area (Å²) in [6.45, 7) is 12.8. The quantitative estimate of drug-likeness (QED) is 0.742. The van der Waals surface area contributed by atoms with Crippen LogP contribution < -0.4 is 14.9 Å². The third-order valence-corrected chi connectivity index (χ3v) is 5.54. The lowest BCUT2D eigenvalue weighted by molar-refractivity contribution is 0.00578. The monoisotopic (exact) mass is 368 g/mol. The van der Waals surface area contributed by atoms with Crippen LogP contribution in [-0.4, -0.2) is 25.4 Å². The van der Waals surface area contributed by atoms with Crippen LogP contribution >= 0.6 is 0 Å². The lowest BCUT2D eigenvalue weighted by Crippen LogP contribution is -2.41. The van der Waals surface area contributed by atoms with Crippen molar-refractivity contribution in [1.29, 1.82) is 0 Å². The Kier molecular flexibility index (Phi) is 5.28. The number of aryl methyl sites for hydroxylation is 2. The van der Waals surface area contributed by atoms with Gasteiger partial charge in [-0.3, -0.25) is 0 Å². The predicted octanol–water partition coefficient (Wildman–Crippen LogP) is 4.19. The molecule has 2 aromatic carbocycles. The summed E-state index contributed by atoms with van der Waals surface area (Å²) < 4.78 is 23.8. The highest BCUT2D eigenvalue weighted by molar-refractivity contribution is 6.62. The van der Waals surface area contributed by atoms with Crippen molar-refractivity contribution in [3.63, 3.8) is 0 Å². The van der Waals surface area contributed by atoms with Crippen LogP contribution in [0, 0.1) is 13.8 Å². The first-order valence-electron chi connectivity index (χ1n) is 9.35. The number of hydrogen-bond acceptors (Lipinski definition) is 4. The van der Waals surface area contributed by atoms with Crippen LogP contribution in [0.2, 0.25) is 0 Å². The molecule has 0 saturated carbocycles. The van der Waals surface area contributed by atoms with E-state index in [1.807, 2.05) is 31.2 Å². The molecule has 27 heavy (non-hydrogen) atoms. The average Bonchev–Trinajstić information content (AvgIpc) is 2.81. The van der Waals surface area contributed by atoms with Gasteiger partial charge in [0.25, 0.3) is 0 Å². The minimum absolute atomic E-state index is 0.345. The van der Waals surface area contributed by atoms with Crippen molar-refractivity contribution in [2.75, 3.05) is 7.11 Å². The summed E-state index contributed by atoms with van der Waals surface area (Å²) in [5, 5.41) is 0. The molecule has 2 aromatic rings. The molecular weight excluding hydrogens is 339 g/mol. The van der Waals surface area contributed by atoms with Crippen LogP contribution in [-0.2, 0) is 15.9 Å². The molecule has 1 saturated heterocycles. The van der Waals surface area contributed by atoms with Gasteiger partial charge in [0.15, 0.2) is 0 Å². The third-order valence-electron chi connectivity index (χ3n) is 5.54. The van der Waals surface area contributed by atoms with Crippen LogP contribution in [0.25, 0.3) is 0 Å². The third kappa shape index (κ3) is 3.99. The van der Waals surface area contributed by atoms with Gasteiger partial charge in [-0.25, -0.2) is 0 Å². The van der Waals surface area contributed by atoms with Crippen molar-refractivity contribution >= 4 is 12.6 Å². The van der Waals surface area contributed by atoms with Gasteiger partial charge in [0.05, 0.1) is 18.3 Å². The van der Waals surface area contributed by atoms with Crippen molar-refractivity contribution in [2.24, 2.45) is 0 Å². The minimum Gasteiger partial charge on any atom is -0.496 e. The average molecular weight is 368 g/mol. The second kappa shape index (κ2) is 7.21. The van der Waals surface area contributed by atoms with Crippen LogP contribution in [0.5, 0.6) is 11.5 Å². The highest BCUT2D eigenvalue weighted by Gasteiger charge is 2.51. The second-order valence-electron chi connectivity index (χ2n) is 8.22. The zero-order chi connectivity index (χ0) is 19.8. The Balaban J connectivity index is 1.74. The smallest absolute Gasteiger partial charge is 0.494 e. The Labute approximate surface area is 162 Å². The Hall–Kier alpha value is -1.98. The van der Waals surface area contributed by atoms with Gasteiger partial charge in [-0.2, -0.15) is 0 Å². The fourth-order valence-corrected chi connectivity index (χ4v) is 3.14. The van der Waals surface area contributed by atoms with Gasteiger partial charge in [0, 0.05) is 5.56 Å². The van der Waals surface area contributed by atoms with E-state index in [1.165, 1.54) is 5.56 Å². The van der Waals surface area contributed by atoms with Crippen LogP contribution in [0.15, 0.2) is 36.4 Å². The van der Waals surface area contributed by atoms with Crippen LogP contribution in [0.3, 0.4) is 0 Å². The summed E-state index contributed by atoms with van der Waals surface area (Å²) in [6, 6.07) is 12.2. The van der Waals surface area contributed by atoms with Crippen molar-refractivity contribution in [3.8, 4) is 11.5 Å². The normalized spacial score (nSPS) is 17.8. The molecule has 0 atom stereocenters. The molecule has 0 aromatic heterocycles. The van der Waals surface area contributed by atoms with E-state index in [-0.39, 0.29) is 18.3 Å². The molecule has 0 spiro atoms. The molecule has 3 rings (SSSR count). The molecular formula is C22H29BO4. The minimum atomic E-state index is -0.361. The van der Waals surface area contributed by atoms with Crippen molar-refractivity contribution < 1.29 is 18.8 Å². The van der Waals surface area contributed by atoms with Crippen LogP contribution in [0.4, 0.5) is 0 Å². The topological polar surface area (TPSA) is 36.9 Å². The first-order chi connectivity index (χ1) is 12.6. The molecule has 0 amide bonds. The fraction of sp³-hybridized carbons (Fsp3) is 0.455. The van der Waals surface area contributed by atoms with Gasteiger partial charge >= 0.3 is 7.12 Å². The number of ether oxygens (including phenoxy) is 2. The molecule has 4 nitrogen and oxygen atoms in total. The number of rotatable bonds is 5. The first-order valence-corrected chi connectivity index (χ1v) is 9.35. The Morgan fingerprint density at radius 1 is 0.889 bits per heavy atom. The van der Waals surface area contributed by atoms with E-state index in [4.69, 9.17) is 18.8 Å². The summed E-state index contributed by atoms with van der Waals surface area (Å²) in [6.07, 6.45) is 0. The molecule has 0 N–H and O–H groups in total. The van der Waals surface area contributed by atoms with Crippen molar-refractivity contribution in [1.82, 2.24) is 0 Å². The van der Waals surface area contributed by atoms with E-state index in [1.54, 1.807) is 7.11 Å². The molecule has 0 unspecified atom stereocenters. The highest BCUT2D eigenvalue weighted by Crippen LogP contribution is 2.36. The van der Waals surface area contributed by atoms with Gasteiger partial charge in [-0.1, -0.05) is 23.8 Å². The molecule has 0 bridgehead atoms.